The third kappa shape index (κ3) is 4.52. The molecule has 0 spiro atoms. The number of amides is 1. The first-order valence-corrected chi connectivity index (χ1v) is 11.5. The Morgan fingerprint density at radius 2 is 2.29 bits per heavy atom. The summed E-state index contributed by atoms with van der Waals surface area (Å²) >= 11 is 6.60. The first kappa shape index (κ1) is 21.9. The van der Waals surface area contributed by atoms with Gasteiger partial charge in [0.1, 0.15) is 15.8 Å². The quantitative estimate of drug-likeness (QED) is 0.369. The van der Waals surface area contributed by atoms with Gasteiger partial charge in [0.2, 0.25) is 0 Å². The van der Waals surface area contributed by atoms with Gasteiger partial charge in [0, 0.05) is 26.0 Å². The predicted octanol–water partition coefficient (Wildman–Crippen LogP) is 2.18. The van der Waals surface area contributed by atoms with Crippen molar-refractivity contribution in [3.8, 4) is 0 Å². The fourth-order valence-electron chi connectivity index (χ4n) is 3.64. The summed E-state index contributed by atoms with van der Waals surface area (Å²) in [7, 11) is 0. The molecule has 2 aromatic rings. The fourth-order valence-corrected chi connectivity index (χ4v) is 4.90. The number of anilines is 1. The summed E-state index contributed by atoms with van der Waals surface area (Å²) in [4.78, 5) is 32.9. The summed E-state index contributed by atoms with van der Waals surface area (Å²) in [6.07, 6.45) is 5.63. The van der Waals surface area contributed by atoms with Crippen LogP contribution in [-0.4, -0.2) is 62.0 Å². The Bertz CT molecular complexity index is 1110. The Balaban J connectivity index is 1.72. The van der Waals surface area contributed by atoms with Gasteiger partial charge in [-0.3, -0.25) is 18.9 Å². The van der Waals surface area contributed by atoms with Crippen molar-refractivity contribution in [2.24, 2.45) is 0 Å². The number of nitrogens with one attached hydrogen (secondary N) is 1. The second kappa shape index (κ2) is 9.47. The number of carbonyl (C=O) groups excluding carboxylic acids is 1. The number of nitrogens with zero attached hydrogens (tertiary/aromatic N) is 3. The van der Waals surface area contributed by atoms with Crippen LogP contribution in [0.15, 0.2) is 28.0 Å². The lowest BCUT2D eigenvalue weighted by Crippen LogP contribution is -2.35. The summed E-state index contributed by atoms with van der Waals surface area (Å²) in [5.41, 5.74) is 1.42. The molecule has 0 unspecified atom stereocenters. The molecular weight excluding hydrogens is 436 g/mol. The zero-order valence-corrected chi connectivity index (χ0v) is 18.8. The summed E-state index contributed by atoms with van der Waals surface area (Å²) < 4.78 is 7.58. The van der Waals surface area contributed by atoms with Crippen molar-refractivity contribution in [2.75, 3.05) is 31.6 Å². The zero-order valence-electron chi connectivity index (χ0n) is 17.2. The van der Waals surface area contributed by atoms with Crippen LogP contribution in [0.5, 0.6) is 0 Å². The molecule has 31 heavy (non-hydrogen) atoms. The molecule has 0 bridgehead atoms. The minimum Gasteiger partial charge on any atom is -0.396 e. The summed E-state index contributed by atoms with van der Waals surface area (Å²) in [6, 6.07) is 3.67. The standard InChI is InChI=1S/C21H24N4O4S2/c1-13-5-2-8-24-18(13)23-17(22-7-4-9-26)15(19(24)27)11-16-20(28)25(21(30)31-16)12-14-6-3-10-29-14/h2,5,8,11,14,22,26H,3-4,6-7,9-10,12H2,1H3/b16-11-/t14-/m1/s1. The minimum absolute atomic E-state index is 0.00602. The normalized spacial score (nSPS) is 20.4. The number of thiocarbonyl (C=S) groups is 1. The van der Waals surface area contributed by atoms with Gasteiger partial charge in [-0.15, -0.1) is 0 Å². The number of aliphatic hydroxyl groups is 1. The maximum absolute atomic E-state index is 13.3. The largest absolute Gasteiger partial charge is 0.396 e. The van der Waals surface area contributed by atoms with E-state index in [-0.39, 0.29) is 24.2 Å². The molecule has 10 heteroatoms. The Morgan fingerprint density at radius 3 is 3.03 bits per heavy atom. The SMILES string of the molecule is Cc1cccn2c(=O)c(/C=C3\SC(=S)N(C[C@H]4CCCO4)C3=O)c(NCCCO)nc12. The number of hydrogen-bond acceptors (Lipinski definition) is 8. The van der Waals surface area contributed by atoms with Crippen LogP contribution in [0.4, 0.5) is 5.82 Å². The highest BCUT2D eigenvalue weighted by atomic mass is 32.2. The lowest BCUT2D eigenvalue weighted by molar-refractivity contribution is -0.123. The fraction of sp³-hybridized carbons (Fsp3) is 0.429. The predicted molar refractivity (Wildman–Crippen MR) is 125 cm³/mol. The van der Waals surface area contributed by atoms with Crippen LogP contribution in [-0.2, 0) is 9.53 Å². The lowest BCUT2D eigenvalue weighted by Gasteiger charge is -2.18. The van der Waals surface area contributed by atoms with Gasteiger partial charge in [-0.1, -0.05) is 30.0 Å². The van der Waals surface area contributed by atoms with E-state index < -0.39 is 0 Å². The highest BCUT2D eigenvalue weighted by Gasteiger charge is 2.35. The number of rotatable bonds is 7. The van der Waals surface area contributed by atoms with Crippen LogP contribution in [0.1, 0.15) is 30.4 Å². The van der Waals surface area contributed by atoms with Gasteiger partial charge >= 0.3 is 0 Å². The lowest BCUT2D eigenvalue weighted by atomic mass is 10.2. The van der Waals surface area contributed by atoms with E-state index in [9.17, 15) is 9.59 Å². The molecular formula is C21H24N4O4S2. The van der Waals surface area contributed by atoms with Crippen molar-refractivity contribution in [2.45, 2.75) is 32.3 Å². The van der Waals surface area contributed by atoms with Gasteiger partial charge in [-0.05, 0) is 43.9 Å². The topological polar surface area (TPSA) is 96.2 Å². The van der Waals surface area contributed by atoms with Crippen LogP contribution >= 0.6 is 24.0 Å². The van der Waals surface area contributed by atoms with E-state index in [1.165, 1.54) is 16.2 Å². The van der Waals surface area contributed by atoms with Crippen LogP contribution in [0.3, 0.4) is 0 Å². The molecule has 2 aliphatic heterocycles. The van der Waals surface area contributed by atoms with E-state index in [2.05, 4.69) is 10.3 Å². The summed E-state index contributed by atoms with van der Waals surface area (Å²) in [5, 5.41) is 12.2. The van der Waals surface area contributed by atoms with Crippen molar-refractivity contribution >= 4 is 51.7 Å². The molecule has 4 rings (SSSR count). The van der Waals surface area contributed by atoms with Crippen LogP contribution in [0.25, 0.3) is 11.7 Å². The smallest absolute Gasteiger partial charge is 0.267 e. The number of aliphatic hydroxyl groups excluding tert-OH is 1. The van der Waals surface area contributed by atoms with E-state index in [1.807, 2.05) is 13.0 Å². The highest BCUT2D eigenvalue weighted by molar-refractivity contribution is 8.26. The van der Waals surface area contributed by atoms with Crippen LogP contribution in [0.2, 0.25) is 0 Å². The third-order valence-corrected chi connectivity index (χ3v) is 6.65. The van der Waals surface area contributed by atoms with E-state index in [4.69, 9.17) is 22.1 Å². The van der Waals surface area contributed by atoms with Crippen molar-refractivity contribution < 1.29 is 14.6 Å². The van der Waals surface area contributed by atoms with E-state index in [1.54, 1.807) is 23.2 Å². The second-order valence-corrected chi connectivity index (χ2v) is 9.17. The first-order chi connectivity index (χ1) is 15.0. The molecule has 2 saturated heterocycles. The van der Waals surface area contributed by atoms with Crippen molar-refractivity contribution in [1.82, 2.24) is 14.3 Å². The summed E-state index contributed by atoms with van der Waals surface area (Å²) in [5.74, 6) is 0.165. The number of hydrogen-bond donors (Lipinski definition) is 2. The molecule has 1 amide bonds. The Kier molecular flexibility index (Phi) is 6.71. The number of carbonyl (C=O) groups is 1. The monoisotopic (exact) mass is 460 g/mol. The van der Waals surface area contributed by atoms with Gasteiger partial charge in [-0.2, -0.15) is 0 Å². The molecule has 2 aromatic heterocycles. The molecule has 2 aliphatic rings. The molecule has 0 radical (unpaired) electrons. The Hall–Kier alpha value is -2.27. The number of aryl methyl sites for hydroxylation is 1. The number of aromatic nitrogens is 2. The van der Waals surface area contributed by atoms with Crippen molar-refractivity contribution in [1.29, 1.82) is 0 Å². The Morgan fingerprint density at radius 1 is 1.45 bits per heavy atom. The molecule has 0 aromatic carbocycles. The number of thioether (sulfide) groups is 1. The Labute approximate surface area is 189 Å². The third-order valence-electron chi connectivity index (χ3n) is 5.27. The molecule has 2 N–H and O–H groups in total. The van der Waals surface area contributed by atoms with Crippen molar-refractivity contribution in [3.63, 3.8) is 0 Å². The van der Waals surface area contributed by atoms with E-state index in [0.29, 0.717) is 52.4 Å². The number of pyridine rings is 1. The molecule has 8 nitrogen and oxygen atoms in total. The zero-order chi connectivity index (χ0) is 22.0. The average Bonchev–Trinajstić information content (AvgIpc) is 3.35. The van der Waals surface area contributed by atoms with Gasteiger partial charge in [-0.25, -0.2) is 4.98 Å². The molecule has 1 atom stereocenters. The van der Waals surface area contributed by atoms with Gasteiger partial charge in [0.15, 0.2) is 0 Å². The van der Waals surface area contributed by atoms with Gasteiger partial charge in [0.25, 0.3) is 11.5 Å². The first-order valence-electron chi connectivity index (χ1n) is 10.2. The highest BCUT2D eigenvalue weighted by Crippen LogP contribution is 2.34. The van der Waals surface area contributed by atoms with Gasteiger partial charge < -0.3 is 15.2 Å². The second-order valence-electron chi connectivity index (χ2n) is 7.50. The molecule has 2 fully saturated rings. The maximum atomic E-state index is 13.3. The summed E-state index contributed by atoms with van der Waals surface area (Å²) in [6.45, 7) is 3.49. The number of ether oxygens (including phenoxy) is 1. The molecule has 4 heterocycles. The minimum atomic E-state index is -0.274. The van der Waals surface area contributed by atoms with E-state index in [0.717, 1.165) is 18.4 Å². The van der Waals surface area contributed by atoms with E-state index >= 15 is 0 Å². The molecule has 0 aliphatic carbocycles. The van der Waals surface area contributed by atoms with Crippen LogP contribution < -0.4 is 10.9 Å². The number of fused-ring (bicyclic) bond motifs is 1. The molecule has 0 saturated carbocycles. The average molecular weight is 461 g/mol. The van der Waals surface area contributed by atoms with Gasteiger partial charge in [0.05, 0.1) is 23.1 Å². The maximum Gasteiger partial charge on any atom is 0.267 e. The molecule has 164 valence electrons. The van der Waals surface area contributed by atoms with Crippen molar-refractivity contribution in [3.05, 3.63) is 44.7 Å². The van der Waals surface area contributed by atoms with Crippen LogP contribution in [0, 0.1) is 6.92 Å².